The molecule has 0 saturated carbocycles. The number of carbonyl (C=O) groups is 1. The van der Waals surface area contributed by atoms with Gasteiger partial charge in [0, 0.05) is 10.7 Å². The van der Waals surface area contributed by atoms with Crippen LogP contribution in [-0.2, 0) is 14.9 Å². The van der Waals surface area contributed by atoms with E-state index in [1.54, 1.807) is 44.2 Å². The van der Waals surface area contributed by atoms with Crippen molar-refractivity contribution < 1.29 is 22.1 Å². The summed E-state index contributed by atoms with van der Waals surface area (Å²) in [7, 11) is -4.14. The highest BCUT2D eigenvalue weighted by Gasteiger charge is 2.22. The van der Waals surface area contributed by atoms with Gasteiger partial charge in [-0.3, -0.25) is 4.79 Å². The predicted molar refractivity (Wildman–Crippen MR) is 143 cm³/mol. The molecule has 3 rings (SSSR count). The molecule has 7 nitrogen and oxygen atoms in total. The van der Waals surface area contributed by atoms with Crippen molar-refractivity contribution >= 4 is 55.3 Å². The quantitative estimate of drug-likeness (QED) is 0.184. The lowest BCUT2D eigenvalue weighted by Gasteiger charge is -2.15. The normalized spacial score (nSPS) is 11.5. The SMILES string of the molecule is CCOc1cc(/C=C(\C#N)C(=O)Nc2cc(Cl)ccc2C)cc(Br)c1OS(=O)(=O)c1ccc(C)cc1. The van der Waals surface area contributed by atoms with Crippen LogP contribution in [0.15, 0.2) is 69.5 Å². The average Bonchev–Trinajstić information content (AvgIpc) is 2.82. The Bertz CT molecular complexity index is 1480. The Morgan fingerprint density at radius 2 is 1.83 bits per heavy atom. The van der Waals surface area contributed by atoms with Crippen molar-refractivity contribution in [1.82, 2.24) is 0 Å². The second-order valence-electron chi connectivity index (χ2n) is 7.70. The van der Waals surface area contributed by atoms with Gasteiger partial charge in [0.2, 0.25) is 0 Å². The van der Waals surface area contributed by atoms with E-state index < -0.39 is 16.0 Å². The zero-order chi connectivity index (χ0) is 26.5. The lowest BCUT2D eigenvalue weighted by atomic mass is 10.1. The van der Waals surface area contributed by atoms with Crippen molar-refractivity contribution in [3.8, 4) is 17.6 Å². The molecule has 0 heterocycles. The van der Waals surface area contributed by atoms with Crippen LogP contribution in [0.5, 0.6) is 11.5 Å². The van der Waals surface area contributed by atoms with Crippen LogP contribution in [0.1, 0.15) is 23.6 Å². The summed E-state index contributed by atoms with van der Waals surface area (Å²) in [6.45, 7) is 5.60. The van der Waals surface area contributed by atoms with E-state index in [4.69, 9.17) is 20.5 Å². The number of benzene rings is 3. The predicted octanol–water partition coefficient (Wildman–Crippen LogP) is 6.43. The van der Waals surface area contributed by atoms with Gasteiger partial charge in [0.15, 0.2) is 11.5 Å². The molecule has 0 aromatic heterocycles. The maximum absolute atomic E-state index is 12.8. The Morgan fingerprint density at radius 1 is 1.14 bits per heavy atom. The summed E-state index contributed by atoms with van der Waals surface area (Å²) in [5, 5.41) is 12.7. The summed E-state index contributed by atoms with van der Waals surface area (Å²) in [4.78, 5) is 12.7. The fourth-order valence-corrected chi connectivity index (χ4v) is 4.89. The van der Waals surface area contributed by atoms with E-state index in [9.17, 15) is 18.5 Å². The zero-order valence-corrected chi connectivity index (χ0v) is 22.8. The topological polar surface area (TPSA) is 105 Å². The smallest absolute Gasteiger partial charge is 0.339 e. The third-order valence-electron chi connectivity index (χ3n) is 4.96. The van der Waals surface area contributed by atoms with Gasteiger partial charge in [0.25, 0.3) is 5.91 Å². The number of nitriles is 1. The lowest BCUT2D eigenvalue weighted by molar-refractivity contribution is -0.112. The summed E-state index contributed by atoms with van der Waals surface area (Å²) < 4.78 is 36.9. The molecule has 0 aliphatic carbocycles. The largest absolute Gasteiger partial charge is 0.490 e. The van der Waals surface area contributed by atoms with Gasteiger partial charge in [-0.2, -0.15) is 13.7 Å². The van der Waals surface area contributed by atoms with E-state index in [1.165, 1.54) is 30.3 Å². The maximum Gasteiger partial charge on any atom is 0.339 e. The minimum absolute atomic E-state index is 0.00818. The van der Waals surface area contributed by atoms with Crippen LogP contribution in [0.25, 0.3) is 6.08 Å². The Morgan fingerprint density at radius 3 is 2.47 bits per heavy atom. The molecule has 0 saturated heterocycles. The second kappa shape index (κ2) is 11.6. The minimum atomic E-state index is -4.14. The van der Waals surface area contributed by atoms with Crippen molar-refractivity contribution in [2.75, 3.05) is 11.9 Å². The van der Waals surface area contributed by atoms with Gasteiger partial charge in [-0.1, -0.05) is 35.4 Å². The molecule has 0 radical (unpaired) electrons. The summed E-state index contributed by atoms with van der Waals surface area (Å²) >= 11 is 9.34. The highest BCUT2D eigenvalue weighted by Crippen LogP contribution is 2.39. The van der Waals surface area contributed by atoms with Crippen LogP contribution in [0.3, 0.4) is 0 Å². The molecular formula is C26H22BrClN2O5S. The summed E-state index contributed by atoms with van der Waals surface area (Å²) in [6, 6.07) is 16.2. The van der Waals surface area contributed by atoms with Crippen LogP contribution >= 0.6 is 27.5 Å². The summed E-state index contributed by atoms with van der Waals surface area (Å²) in [6.07, 6.45) is 1.36. The molecule has 0 spiro atoms. The van der Waals surface area contributed by atoms with Gasteiger partial charge in [-0.05, 0) is 90.3 Å². The van der Waals surface area contributed by atoms with E-state index >= 15 is 0 Å². The standard InChI is InChI=1S/C26H22BrClN2O5S/c1-4-34-24-13-18(11-19(15-29)26(31)30-23-14-20(28)8-7-17(23)3)12-22(27)25(24)35-36(32,33)21-9-5-16(2)6-10-21/h5-14H,4H2,1-3H3,(H,30,31)/b19-11+. The van der Waals surface area contributed by atoms with E-state index in [0.717, 1.165) is 11.1 Å². The highest BCUT2D eigenvalue weighted by molar-refractivity contribution is 9.10. The molecule has 1 N–H and O–H groups in total. The second-order valence-corrected chi connectivity index (χ2v) is 10.5. The monoisotopic (exact) mass is 588 g/mol. The molecule has 36 heavy (non-hydrogen) atoms. The molecule has 1 amide bonds. The number of halogens is 2. The van der Waals surface area contributed by atoms with E-state index in [0.29, 0.717) is 16.3 Å². The fraction of sp³-hybridized carbons (Fsp3) is 0.154. The number of hydrogen-bond acceptors (Lipinski definition) is 6. The lowest BCUT2D eigenvalue weighted by Crippen LogP contribution is -2.14. The van der Waals surface area contributed by atoms with Gasteiger partial charge in [-0.15, -0.1) is 0 Å². The van der Waals surface area contributed by atoms with E-state index in [-0.39, 0.29) is 33.0 Å². The first kappa shape index (κ1) is 27.3. The third kappa shape index (κ3) is 6.66. The Kier molecular flexibility index (Phi) is 8.79. The van der Waals surface area contributed by atoms with Gasteiger partial charge < -0.3 is 14.2 Å². The Hall–Kier alpha value is -3.32. The fourth-order valence-electron chi connectivity index (χ4n) is 3.11. The molecule has 0 bridgehead atoms. The van der Waals surface area contributed by atoms with Gasteiger partial charge in [-0.25, -0.2) is 0 Å². The van der Waals surface area contributed by atoms with Crippen LogP contribution in [0, 0.1) is 25.2 Å². The third-order valence-corrected chi connectivity index (χ3v) is 7.02. The molecule has 0 fully saturated rings. The zero-order valence-electron chi connectivity index (χ0n) is 19.6. The molecule has 10 heteroatoms. The number of aryl methyl sites for hydroxylation is 2. The molecular weight excluding hydrogens is 568 g/mol. The molecule has 0 aliphatic heterocycles. The number of rotatable bonds is 8. The van der Waals surface area contributed by atoms with Crippen LogP contribution < -0.4 is 14.2 Å². The van der Waals surface area contributed by atoms with Crippen LogP contribution in [0.2, 0.25) is 5.02 Å². The number of carbonyl (C=O) groups excluding carboxylic acids is 1. The number of amides is 1. The molecule has 3 aromatic carbocycles. The Balaban J connectivity index is 1.95. The minimum Gasteiger partial charge on any atom is -0.490 e. The number of nitrogens with one attached hydrogen (secondary N) is 1. The van der Waals surface area contributed by atoms with Crippen molar-refractivity contribution in [3.63, 3.8) is 0 Å². The molecule has 0 atom stereocenters. The number of anilines is 1. The first-order valence-electron chi connectivity index (χ1n) is 10.7. The van der Waals surface area contributed by atoms with Crippen LogP contribution in [0.4, 0.5) is 5.69 Å². The van der Waals surface area contributed by atoms with Crippen molar-refractivity contribution in [3.05, 3.63) is 86.4 Å². The van der Waals surface area contributed by atoms with Crippen molar-refractivity contribution in [2.45, 2.75) is 25.7 Å². The first-order chi connectivity index (χ1) is 17.0. The van der Waals surface area contributed by atoms with Crippen molar-refractivity contribution in [2.24, 2.45) is 0 Å². The van der Waals surface area contributed by atoms with Gasteiger partial charge in [0.1, 0.15) is 16.5 Å². The summed E-state index contributed by atoms with van der Waals surface area (Å²) in [5.41, 5.74) is 2.41. The highest BCUT2D eigenvalue weighted by atomic mass is 79.9. The molecule has 186 valence electrons. The van der Waals surface area contributed by atoms with E-state index in [2.05, 4.69) is 21.2 Å². The number of hydrogen-bond donors (Lipinski definition) is 1. The van der Waals surface area contributed by atoms with Gasteiger partial charge in [0.05, 0.1) is 11.1 Å². The first-order valence-corrected chi connectivity index (χ1v) is 13.3. The summed E-state index contributed by atoms with van der Waals surface area (Å²) in [5.74, 6) is -0.552. The molecule has 0 unspecified atom stereocenters. The maximum atomic E-state index is 12.8. The Labute approximate surface area is 223 Å². The molecule has 0 aliphatic rings. The van der Waals surface area contributed by atoms with E-state index in [1.807, 2.05) is 13.0 Å². The van der Waals surface area contributed by atoms with Crippen LogP contribution in [-0.4, -0.2) is 20.9 Å². The van der Waals surface area contributed by atoms with Crippen molar-refractivity contribution in [1.29, 1.82) is 5.26 Å². The average molecular weight is 590 g/mol. The molecule has 3 aromatic rings. The number of ether oxygens (including phenoxy) is 1. The number of nitrogens with zero attached hydrogens (tertiary/aromatic N) is 1. The van der Waals surface area contributed by atoms with Gasteiger partial charge >= 0.3 is 10.1 Å².